The third-order valence-corrected chi connectivity index (χ3v) is 4.68. The number of ketones is 1. The number of aromatic amines is 1. The van der Waals surface area contributed by atoms with E-state index in [9.17, 15) is 14.7 Å². The fraction of sp³-hybridized carbons (Fsp3) is 0. The summed E-state index contributed by atoms with van der Waals surface area (Å²) in [6, 6.07) is 16.4. The molecule has 0 fully saturated rings. The van der Waals surface area contributed by atoms with E-state index in [-0.39, 0.29) is 22.8 Å². The quantitative estimate of drug-likeness (QED) is 0.688. The average Bonchev–Trinajstić information content (AvgIpc) is 2.98. The molecule has 0 aliphatic heterocycles. The zero-order valence-corrected chi connectivity index (χ0v) is 15.3. The highest BCUT2D eigenvalue weighted by Crippen LogP contribution is 2.33. The summed E-state index contributed by atoms with van der Waals surface area (Å²) in [7, 11) is 0. The molecule has 2 aromatic carbocycles. The molecule has 1 aromatic heterocycles. The fourth-order valence-corrected chi connectivity index (χ4v) is 3.18. The summed E-state index contributed by atoms with van der Waals surface area (Å²) < 4.78 is 0. The number of aliphatic hydroxyl groups is 1. The molecule has 3 aromatic rings. The highest BCUT2D eigenvalue weighted by molar-refractivity contribution is 6.40. The number of nitrogens with zero attached hydrogens (tertiary/aromatic N) is 1. The van der Waals surface area contributed by atoms with Crippen LogP contribution in [0.25, 0.3) is 5.76 Å². The molecule has 0 unspecified atom stereocenters. The Balaban J connectivity index is 1.87. The Labute approximate surface area is 165 Å². The van der Waals surface area contributed by atoms with Crippen LogP contribution < -0.4 is 4.98 Å². The van der Waals surface area contributed by atoms with Gasteiger partial charge in [-0.05, 0) is 24.3 Å². The van der Waals surface area contributed by atoms with Crippen LogP contribution in [0.3, 0.4) is 0 Å². The Morgan fingerprint density at radius 1 is 0.893 bits per heavy atom. The average molecular weight is 390 g/mol. The molecule has 0 saturated heterocycles. The van der Waals surface area contributed by atoms with Gasteiger partial charge in [0, 0.05) is 39.4 Å². The van der Waals surface area contributed by atoms with Crippen LogP contribution in [0.1, 0.15) is 31.8 Å². The van der Waals surface area contributed by atoms with Gasteiger partial charge in [-0.15, -0.1) is 0 Å². The van der Waals surface area contributed by atoms with Crippen molar-refractivity contribution in [3.05, 3.63) is 106 Å². The topological polar surface area (TPSA) is 80.9 Å². The van der Waals surface area contributed by atoms with Crippen molar-refractivity contribution in [1.29, 1.82) is 0 Å². The molecule has 136 valence electrons. The minimum Gasteiger partial charge on any atom is -0.506 e. The Kier molecular flexibility index (Phi) is 4.59. The van der Waals surface area contributed by atoms with Gasteiger partial charge in [0.2, 0.25) is 0 Å². The molecule has 1 aliphatic carbocycles. The van der Waals surface area contributed by atoms with Crippen LogP contribution in [-0.2, 0) is 0 Å². The number of hydrogen-bond donors (Lipinski definition) is 1. The first kappa shape index (κ1) is 17.8. The first-order valence-electron chi connectivity index (χ1n) is 8.49. The molecule has 0 spiro atoms. The SMILES string of the molecule is O=C(N=C(C1=C(O)c2ccccc2C1=O)c1cc[nH+]cc1)c1ccc(Cl)cc1. The van der Waals surface area contributed by atoms with Gasteiger partial charge in [-0.2, -0.15) is 0 Å². The van der Waals surface area contributed by atoms with Gasteiger partial charge in [0.05, 0.1) is 11.3 Å². The second-order valence-electron chi connectivity index (χ2n) is 6.16. The molecule has 0 atom stereocenters. The number of nitrogens with one attached hydrogen (secondary N) is 1. The van der Waals surface area contributed by atoms with E-state index >= 15 is 0 Å². The van der Waals surface area contributed by atoms with Crippen LogP contribution in [0.4, 0.5) is 0 Å². The standard InChI is InChI=1S/C22H13ClN2O3/c23-15-7-5-14(6-8-15)22(28)25-19(13-9-11-24-12-10-13)18-20(26)16-3-1-2-4-17(16)21(18)27/h1-12,26H/p+1. The highest BCUT2D eigenvalue weighted by atomic mass is 35.5. The number of fused-ring (bicyclic) bond motifs is 1. The second kappa shape index (κ2) is 7.21. The lowest BCUT2D eigenvalue weighted by Crippen LogP contribution is -2.16. The minimum absolute atomic E-state index is 0.00899. The highest BCUT2D eigenvalue weighted by Gasteiger charge is 2.33. The smallest absolute Gasteiger partial charge is 0.277 e. The second-order valence-corrected chi connectivity index (χ2v) is 6.60. The lowest BCUT2D eigenvalue weighted by Gasteiger charge is -2.07. The Bertz CT molecular complexity index is 1150. The molecule has 0 radical (unpaired) electrons. The van der Waals surface area contributed by atoms with Crippen molar-refractivity contribution in [2.24, 2.45) is 4.99 Å². The van der Waals surface area contributed by atoms with Crippen LogP contribution in [0.2, 0.25) is 5.02 Å². The molecule has 28 heavy (non-hydrogen) atoms. The number of carbonyl (C=O) groups excluding carboxylic acids is 2. The van der Waals surface area contributed by atoms with E-state index < -0.39 is 5.91 Å². The van der Waals surface area contributed by atoms with E-state index in [1.54, 1.807) is 73.1 Å². The molecule has 0 saturated carbocycles. The van der Waals surface area contributed by atoms with Crippen LogP contribution in [-0.4, -0.2) is 22.5 Å². The number of aliphatic imine (C=N–C) groups is 1. The molecular weight excluding hydrogens is 376 g/mol. The predicted octanol–water partition coefficient (Wildman–Crippen LogP) is 3.95. The monoisotopic (exact) mass is 389 g/mol. The largest absolute Gasteiger partial charge is 0.506 e. The maximum atomic E-state index is 12.9. The molecular formula is C22H14ClN2O3+. The summed E-state index contributed by atoms with van der Waals surface area (Å²) in [6.45, 7) is 0. The zero-order valence-electron chi connectivity index (χ0n) is 14.5. The maximum absolute atomic E-state index is 12.9. The van der Waals surface area contributed by atoms with Gasteiger partial charge in [-0.1, -0.05) is 35.9 Å². The molecule has 2 N–H and O–H groups in total. The van der Waals surface area contributed by atoms with Gasteiger partial charge in [0.1, 0.15) is 5.76 Å². The molecule has 5 nitrogen and oxygen atoms in total. The molecule has 0 bridgehead atoms. The van der Waals surface area contributed by atoms with Gasteiger partial charge in [0.15, 0.2) is 18.2 Å². The number of Topliss-reactive ketones (excluding diaryl/α,β-unsaturated/α-hetero) is 1. The number of aromatic nitrogens is 1. The van der Waals surface area contributed by atoms with Crippen molar-refractivity contribution in [2.45, 2.75) is 0 Å². The van der Waals surface area contributed by atoms with Gasteiger partial charge >= 0.3 is 0 Å². The Hall–Kier alpha value is -3.57. The molecule has 1 aliphatic rings. The first-order valence-corrected chi connectivity index (χ1v) is 8.87. The van der Waals surface area contributed by atoms with E-state index in [2.05, 4.69) is 9.98 Å². The molecule has 1 heterocycles. The number of carbonyl (C=O) groups is 2. The van der Waals surface area contributed by atoms with Gasteiger partial charge in [-0.25, -0.2) is 9.98 Å². The number of aliphatic hydroxyl groups excluding tert-OH is 1. The van der Waals surface area contributed by atoms with Gasteiger partial charge in [0.25, 0.3) is 5.91 Å². The van der Waals surface area contributed by atoms with Crippen LogP contribution in [0, 0.1) is 0 Å². The summed E-state index contributed by atoms with van der Waals surface area (Å²) in [5, 5.41) is 11.2. The first-order chi connectivity index (χ1) is 13.6. The van der Waals surface area contributed by atoms with E-state index in [1.165, 1.54) is 0 Å². The van der Waals surface area contributed by atoms with Crippen molar-refractivity contribution in [3.63, 3.8) is 0 Å². The van der Waals surface area contributed by atoms with E-state index in [0.29, 0.717) is 27.3 Å². The molecule has 4 rings (SSSR count). The van der Waals surface area contributed by atoms with Gasteiger partial charge < -0.3 is 5.11 Å². The van der Waals surface area contributed by atoms with E-state index in [4.69, 9.17) is 11.6 Å². The Morgan fingerprint density at radius 2 is 1.54 bits per heavy atom. The number of rotatable bonds is 3. The van der Waals surface area contributed by atoms with Crippen molar-refractivity contribution in [2.75, 3.05) is 0 Å². The fourth-order valence-electron chi connectivity index (χ4n) is 3.05. The lowest BCUT2D eigenvalue weighted by molar-refractivity contribution is -0.378. The van der Waals surface area contributed by atoms with E-state index in [0.717, 1.165) is 0 Å². The zero-order chi connectivity index (χ0) is 19.7. The third kappa shape index (κ3) is 3.12. The van der Waals surface area contributed by atoms with Crippen molar-refractivity contribution >= 4 is 34.8 Å². The van der Waals surface area contributed by atoms with Gasteiger partial charge in [-0.3, -0.25) is 9.59 Å². The number of benzene rings is 2. The normalized spacial score (nSPS) is 13.6. The summed E-state index contributed by atoms with van der Waals surface area (Å²) in [6.07, 6.45) is 3.31. The molecule has 1 amide bonds. The predicted molar refractivity (Wildman–Crippen MR) is 106 cm³/mol. The summed E-state index contributed by atoms with van der Waals surface area (Å²) >= 11 is 5.88. The number of H-pyrrole nitrogens is 1. The van der Waals surface area contributed by atoms with Crippen molar-refractivity contribution in [1.82, 2.24) is 0 Å². The lowest BCUT2D eigenvalue weighted by atomic mass is 9.99. The van der Waals surface area contributed by atoms with Crippen LogP contribution in [0.15, 0.2) is 83.6 Å². The number of hydrogen-bond acceptors (Lipinski definition) is 3. The molecule has 6 heteroatoms. The summed E-state index contributed by atoms with van der Waals surface area (Å²) in [5.41, 5.74) is 1.79. The summed E-state index contributed by atoms with van der Waals surface area (Å²) in [5.74, 6) is -1.09. The van der Waals surface area contributed by atoms with Crippen LogP contribution >= 0.6 is 11.6 Å². The minimum atomic E-state index is -0.538. The van der Waals surface area contributed by atoms with Crippen molar-refractivity contribution < 1.29 is 19.7 Å². The number of allylic oxidation sites excluding steroid dienone is 1. The number of amides is 1. The summed E-state index contributed by atoms with van der Waals surface area (Å²) in [4.78, 5) is 32.8. The van der Waals surface area contributed by atoms with Crippen LogP contribution in [0.5, 0.6) is 0 Å². The number of pyridine rings is 1. The van der Waals surface area contributed by atoms with E-state index in [1.807, 2.05) is 0 Å². The Morgan fingerprint density at radius 3 is 2.18 bits per heavy atom. The number of halogens is 1. The third-order valence-electron chi connectivity index (χ3n) is 4.42. The van der Waals surface area contributed by atoms with Crippen molar-refractivity contribution in [3.8, 4) is 0 Å². The maximum Gasteiger partial charge on any atom is 0.277 e.